The molecule has 0 bridgehead atoms. The first-order valence-electron chi connectivity index (χ1n) is 3.68. The Hall–Kier alpha value is 0.1000. The molecule has 1 aromatic rings. The minimum Gasteiger partial charge on any atom is -0.391 e. The van der Waals surface area contributed by atoms with Gasteiger partial charge in [0.1, 0.15) is 0 Å². The van der Waals surface area contributed by atoms with E-state index >= 15 is 0 Å². The molecule has 0 fully saturated rings. The summed E-state index contributed by atoms with van der Waals surface area (Å²) in [6.07, 6.45) is -0.796. The van der Waals surface area contributed by atoms with Gasteiger partial charge in [-0.25, -0.2) is 0 Å². The molecule has 4 heteroatoms. The third-order valence-corrected chi connectivity index (χ3v) is 3.31. The van der Waals surface area contributed by atoms with Gasteiger partial charge in [-0.1, -0.05) is 0 Å². The van der Waals surface area contributed by atoms with Gasteiger partial charge in [0, 0.05) is 21.2 Å². The fourth-order valence-electron chi connectivity index (χ4n) is 0.838. The largest absolute Gasteiger partial charge is 0.391 e. The van der Waals surface area contributed by atoms with E-state index in [4.69, 9.17) is 5.11 Å². The molecule has 2 atom stereocenters. The molecule has 1 heterocycles. The Bertz CT molecular complexity index is 247. The smallest absolute Gasteiger partial charge is 0.0844 e. The predicted molar refractivity (Wildman–Crippen MR) is 53.4 cm³/mol. The summed E-state index contributed by atoms with van der Waals surface area (Å²) in [6.45, 7) is 1.59. The van der Waals surface area contributed by atoms with Crippen molar-refractivity contribution in [1.82, 2.24) is 0 Å². The average molecular weight is 251 g/mol. The number of thiophene rings is 1. The van der Waals surface area contributed by atoms with E-state index < -0.39 is 12.2 Å². The van der Waals surface area contributed by atoms with Crippen LogP contribution in [0, 0.1) is 0 Å². The Balaban J connectivity index is 2.52. The fourth-order valence-corrected chi connectivity index (χ4v) is 2.34. The molecular formula is C8H11BrO2S. The summed E-state index contributed by atoms with van der Waals surface area (Å²) in [6, 6.07) is 1.95. The summed E-state index contributed by atoms with van der Waals surface area (Å²) in [4.78, 5) is 1.08. The topological polar surface area (TPSA) is 40.5 Å². The van der Waals surface area contributed by atoms with Crippen molar-refractivity contribution in [2.75, 3.05) is 0 Å². The van der Waals surface area contributed by atoms with E-state index in [9.17, 15) is 5.11 Å². The Morgan fingerprint density at radius 3 is 2.67 bits per heavy atom. The number of hydrogen-bond acceptors (Lipinski definition) is 3. The molecule has 0 saturated heterocycles. The molecular weight excluding hydrogens is 240 g/mol. The second-order valence-electron chi connectivity index (χ2n) is 2.74. The third kappa shape index (κ3) is 2.86. The van der Waals surface area contributed by atoms with Crippen molar-refractivity contribution in [2.24, 2.45) is 0 Å². The summed E-state index contributed by atoms with van der Waals surface area (Å²) in [5.74, 6) is 0. The van der Waals surface area contributed by atoms with Crippen LogP contribution in [0.1, 0.15) is 11.8 Å². The summed E-state index contributed by atoms with van der Waals surface area (Å²) in [7, 11) is 0. The molecule has 0 aliphatic rings. The van der Waals surface area contributed by atoms with Gasteiger partial charge in [-0.05, 0) is 28.9 Å². The van der Waals surface area contributed by atoms with Crippen LogP contribution in [0.2, 0.25) is 0 Å². The Morgan fingerprint density at radius 2 is 2.25 bits per heavy atom. The van der Waals surface area contributed by atoms with Crippen molar-refractivity contribution in [3.8, 4) is 0 Å². The van der Waals surface area contributed by atoms with Gasteiger partial charge in [0.15, 0.2) is 0 Å². The third-order valence-electron chi connectivity index (χ3n) is 1.59. The van der Waals surface area contributed by atoms with Gasteiger partial charge in [0.2, 0.25) is 0 Å². The second kappa shape index (κ2) is 4.37. The zero-order chi connectivity index (χ0) is 9.14. The molecule has 68 valence electrons. The van der Waals surface area contributed by atoms with Crippen LogP contribution in [0.5, 0.6) is 0 Å². The lowest BCUT2D eigenvalue weighted by Crippen LogP contribution is -2.24. The van der Waals surface area contributed by atoms with Crippen molar-refractivity contribution in [3.63, 3.8) is 0 Å². The van der Waals surface area contributed by atoms with E-state index in [0.717, 1.165) is 9.35 Å². The SMILES string of the molecule is CC(O)C(O)Cc1cc(Br)cs1. The quantitative estimate of drug-likeness (QED) is 0.859. The molecule has 2 nitrogen and oxygen atoms in total. The van der Waals surface area contributed by atoms with Gasteiger partial charge in [-0.15, -0.1) is 11.3 Å². The van der Waals surface area contributed by atoms with Gasteiger partial charge >= 0.3 is 0 Å². The summed E-state index contributed by atoms with van der Waals surface area (Å²) in [5, 5.41) is 20.3. The molecule has 0 aliphatic heterocycles. The number of halogens is 1. The monoisotopic (exact) mass is 250 g/mol. The number of hydrogen-bond donors (Lipinski definition) is 2. The normalized spacial score (nSPS) is 16.0. The van der Waals surface area contributed by atoms with E-state index in [0.29, 0.717) is 6.42 Å². The van der Waals surface area contributed by atoms with Crippen molar-refractivity contribution in [3.05, 3.63) is 20.8 Å². The van der Waals surface area contributed by atoms with Gasteiger partial charge in [-0.3, -0.25) is 0 Å². The molecule has 0 radical (unpaired) electrons. The van der Waals surface area contributed by atoms with E-state index in [1.54, 1.807) is 18.3 Å². The van der Waals surface area contributed by atoms with Crippen molar-refractivity contribution in [2.45, 2.75) is 25.6 Å². The van der Waals surface area contributed by atoms with Gasteiger partial charge in [0.25, 0.3) is 0 Å². The van der Waals surface area contributed by atoms with E-state index in [1.165, 1.54) is 0 Å². The van der Waals surface area contributed by atoms with Crippen molar-refractivity contribution in [1.29, 1.82) is 0 Å². The first-order valence-corrected chi connectivity index (χ1v) is 5.36. The van der Waals surface area contributed by atoms with Gasteiger partial charge < -0.3 is 10.2 Å². The molecule has 0 saturated carbocycles. The molecule has 0 aromatic carbocycles. The molecule has 12 heavy (non-hydrogen) atoms. The Kier molecular flexibility index (Phi) is 3.71. The molecule has 1 aromatic heterocycles. The highest BCUT2D eigenvalue weighted by Gasteiger charge is 2.12. The van der Waals surface area contributed by atoms with Crippen LogP contribution in [0.15, 0.2) is 15.9 Å². The zero-order valence-electron chi connectivity index (χ0n) is 6.70. The molecule has 0 aliphatic carbocycles. The molecule has 2 unspecified atom stereocenters. The standard InChI is InChI=1S/C8H11BrO2S/c1-5(10)8(11)3-7-2-6(9)4-12-7/h2,4-5,8,10-11H,3H2,1H3. The number of rotatable bonds is 3. The van der Waals surface area contributed by atoms with Crippen LogP contribution in [0.25, 0.3) is 0 Å². The highest BCUT2D eigenvalue weighted by atomic mass is 79.9. The van der Waals surface area contributed by atoms with Crippen LogP contribution in [-0.2, 0) is 6.42 Å². The zero-order valence-corrected chi connectivity index (χ0v) is 9.10. The van der Waals surface area contributed by atoms with Gasteiger partial charge in [-0.2, -0.15) is 0 Å². The summed E-state index contributed by atoms with van der Waals surface area (Å²) >= 11 is 4.90. The number of aliphatic hydroxyl groups excluding tert-OH is 2. The Morgan fingerprint density at radius 1 is 1.58 bits per heavy atom. The van der Waals surface area contributed by atoms with E-state index in [-0.39, 0.29) is 0 Å². The maximum atomic E-state index is 9.33. The highest BCUT2D eigenvalue weighted by molar-refractivity contribution is 9.10. The predicted octanol–water partition coefficient (Wildman–Crippen LogP) is 1.79. The van der Waals surface area contributed by atoms with E-state index in [1.807, 2.05) is 11.4 Å². The summed E-state index contributed by atoms with van der Waals surface area (Å²) < 4.78 is 1.03. The minimum atomic E-state index is -0.661. The number of aliphatic hydroxyl groups is 2. The Labute approximate surface area is 84.0 Å². The highest BCUT2D eigenvalue weighted by Crippen LogP contribution is 2.21. The maximum absolute atomic E-state index is 9.33. The lowest BCUT2D eigenvalue weighted by molar-refractivity contribution is 0.0324. The lowest BCUT2D eigenvalue weighted by atomic mass is 10.1. The molecule has 2 N–H and O–H groups in total. The average Bonchev–Trinajstić information content (AvgIpc) is 2.35. The van der Waals surface area contributed by atoms with Crippen LogP contribution < -0.4 is 0 Å². The minimum absolute atomic E-state index is 0.522. The molecule has 0 amide bonds. The maximum Gasteiger partial charge on any atom is 0.0844 e. The van der Waals surface area contributed by atoms with Crippen LogP contribution in [-0.4, -0.2) is 22.4 Å². The second-order valence-corrected chi connectivity index (χ2v) is 4.65. The summed E-state index contributed by atoms with van der Waals surface area (Å²) in [5.41, 5.74) is 0. The van der Waals surface area contributed by atoms with Crippen molar-refractivity contribution < 1.29 is 10.2 Å². The molecule has 1 rings (SSSR count). The van der Waals surface area contributed by atoms with Crippen LogP contribution in [0.4, 0.5) is 0 Å². The van der Waals surface area contributed by atoms with Crippen LogP contribution >= 0.6 is 27.3 Å². The first kappa shape index (κ1) is 10.2. The first-order chi connectivity index (χ1) is 5.59. The molecule has 0 spiro atoms. The lowest BCUT2D eigenvalue weighted by Gasteiger charge is -2.11. The van der Waals surface area contributed by atoms with Crippen LogP contribution in [0.3, 0.4) is 0 Å². The fraction of sp³-hybridized carbons (Fsp3) is 0.500. The van der Waals surface area contributed by atoms with Crippen molar-refractivity contribution >= 4 is 27.3 Å². The van der Waals surface area contributed by atoms with E-state index in [2.05, 4.69) is 15.9 Å². The van der Waals surface area contributed by atoms with Gasteiger partial charge in [0.05, 0.1) is 12.2 Å².